The van der Waals surface area contributed by atoms with E-state index in [1.807, 2.05) is 10.6 Å². The zero-order chi connectivity index (χ0) is 13.5. The Balaban J connectivity index is 1.93. The lowest BCUT2D eigenvalue weighted by atomic mass is 9.81. The van der Waals surface area contributed by atoms with Crippen LogP contribution in [0.25, 0.3) is 5.65 Å². The predicted molar refractivity (Wildman–Crippen MR) is 72.2 cm³/mol. The summed E-state index contributed by atoms with van der Waals surface area (Å²) in [6.07, 6.45) is 6.65. The number of piperidine rings is 1. The van der Waals surface area contributed by atoms with Gasteiger partial charge < -0.3 is 9.64 Å². The number of fused-ring (bicyclic) bond motifs is 1. The van der Waals surface area contributed by atoms with E-state index in [-0.39, 0.29) is 5.41 Å². The van der Waals surface area contributed by atoms with Crippen molar-refractivity contribution in [3.63, 3.8) is 0 Å². The largest absolute Gasteiger partial charge is 0.381 e. The first-order valence-corrected chi connectivity index (χ1v) is 6.54. The van der Waals surface area contributed by atoms with Crippen molar-refractivity contribution < 1.29 is 4.74 Å². The van der Waals surface area contributed by atoms with Crippen LogP contribution in [0, 0.1) is 5.41 Å². The highest BCUT2D eigenvalue weighted by atomic mass is 16.5. The molecule has 1 unspecified atom stereocenters. The second kappa shape index (κ2) is 4.45. The van der Waals surface area contributed by atoms with Crippen molar-refractivity contribution in [1.29, 1.82) is 0 Å². The van der Waals surface area contributed by atoms with Gasteiger partial charge in [0.1, 0.15) is 6.33 Å². The third-order valence-corrected chi connectivity index (χ3v) is 3.91. The molecule has 1 fully saturated rings. The topological polar surface area (TPSA) is 55.5 Å². The number of hydrogen-bond acceptors (Lipinski definition) is 5. The summed E-state index contributed by atoms with van der Waals surface area (Å²) in [5.41, 5.74) is 0.913. The van der Waals surface area contributed by atoms with Gasteiger partial charge in [-0.05, 0) is 6.42 Å². The fraction of sp³-hybridized carbons (Fsp3) is 0.615. The summed E-state index contributed by atoms with van der Waals surface area (Å²) in [6, 6.07) is 0. The summed E-state index contributed by atoms with van der Waals surface area (Å²) in [5.74, 6) is 0.905. The van der Waals surface area contributed by atoms with E-state index in [0.717, 1.165) is 31.0 Å². The molecule has 0 radical (unpaired) electrons. The van der Waals surface area contributed by atoms with Crippen molar-refractivity contribution >= 4 is 11.5 Å². The van der Waals surface area contributed by atoms with Crippen LogP contribution in [0.4, 0.5) is 5.82 Å². The Hall–Kier alpha value is -1.69. The van der Waals surface area contributed by atoms with Gasteiger partial charge in [-0.25, -0.2) is 4.98 Å². The van der Waals surface area contributed by atoms with Crippen LogP contribution >= 0.6 is 0 Å². The molecule has 1 aliphatic heterocycles. The molecule has 0 aromatic carbocycles. The van der Waals surface area contributed by atoms with Crippen LogP contribution in [0.5, 0.6) is 0 Å². The van der Waals surface area contributed by atoms with Crippen LogP contribution in [0.1, 0.15) is 20.3 Å². The molecular formula is C13H19N5O. The minimum Gasteiger partial charge on any atom is -0.381 e. The van der Waals surface area contributed by atoms with Crippen molar-refractivity contribution in [2.75, 3.05) is 25.1 Å². The predicted octanol–water partition coefficient (Wildman–Crippen LogP) is 1.38. The molecular weight excluding hydrogens is 242 g/mol. The van der Waals surface area contributed by atoms with Gasteiger partial charge in [0.25, 0.3) is 0 Å². The summed E-state index contributed by atoms with van der Waals surface area (Å²) in [5, 5.41) is 8.10. The molecule has 0 amide bonds. The van der Waals surface area contributed by atoms with Gasteiger partial charge in [0.15, 0.2) is 5.82 Å². The number of nitrogens with zero attached hydrogens (tertiary/aromatic N) is 5. The zero-order valence-corrected chi connectivity index (χ0v) is 11.6. The van der Waals surface area contributed by atoms with Crippen molar-refractivity contribution in [3.05, 3.63) is 18.7 Å². The molecule has 0 saturated carbocycles. The van der Waals surface area contributed by atoms with Crippen LogP contribution in [-0.4, -0.2) is 45.9 Å². The lowest BCUT2D eigenvalue weighted by Gasteiger charge is -2.43. The maximum Gasteiger partial charge on any atom is 0.203 e. The van der Waals surface area contributed by atoms with Crippen molar-refractivity contribution in [2.24, 2.45) is 5.41 Å². The van der Waals surface area contributed by atoms with E-state index < -0.39 is 0 Å². The van der Waals surface area contributed by atoms with Crippen LogP contribution in [0.15, 0.2) is 18.7 Å². The van der Waals surface area contributed by atoms with Gasteiger partial charge in [-0.1, -0.05) is 13.8 Å². The van der Waals surface area contributed by atoms with Crippen LogP contribution in [-0.2, 0) is 4.74 Å². The number of ether oxygens (including phenoxy) is 1. The van der Waals surface area contributed by atoms with E-state index in [1.54, 1.807) is 19.6 Å². The van der Waals surface area contributed by atoms with Crippen LogP contribution in [0.2, 0.25) is 0 Å². The lowest BCUT2D eigenvalue weighted by Crippen LogP contribution is -2.49. The lowest BCUT2D eigenvalue weighted by molar-refractivity contribution is -0.00639. The van der Waals surface area contributed by atoms with E-state index >= 15 is 0 Å². The fourth-order valence-electron chi connectivity index (χ4n) is 2.92. The number of anilines is 1. The third-order valence-electron chi connectivity index (χ3n) is 3.91. The van der Waals surface area contributed by atoms with Gasteiger partial charge in [0.05, 0.1) is 6.10 Å². The van der Waals surface area contributed by atoms with E-state index in [1.165, 1.54) is 0 Å². The zero-order valence-electron chi connectivity index (χ0n) is 11.6. The molecule has 19 heavy (non-hydrogen) atoms. The first kappa shape index (κ1) is 12.3. The van der Waals surface area contributed by atoms with E-state index in [4.69, 9.17) is 4.74 Å². The van der Waals surface area contributed by atoms with E-state index in [9.17, 15) is 0 Å². The molecule has 1 atom stereocenters. The quantitative estimate of drug-likeness (QED) is 0.817. The molecule has 1 saturated heterocycles. The third kappa shape index (κ3) is 2.06. The summed E-state index contributed by atoms with van der Waals surface area (Å²) >= 11 is 0. The van der Waals surface area contributed by atoms with Gasteiger partial charge in [-0.15, -0.1) is 10.2 Å². The molecule has 1 aliphatic rings. The first-order chi connectivity index (χ1) is 9.12. The molecule has 0 aliphatic carbocycles. The summed E-state index contributed by atoms with van der Waals surface area (Å²) < 4.78 is 7.48. The molecule has 0 bridgehead atoms. The summed E-state index contributed by atoms with van der Waals surface area (Å²) in [6.45, 7) is 6.31. The highest BCUT2D eigenvalue weighted by molar-refractivity contribution is 5.63. The van der Waals surface area contributed by atoms with Crippen molar-refractivity contribution in [3.8, 4) is 0 Å². The van der Waals surface area contributed by atoms with Gasteiger partial charge >= 0.3 is 0 Å². The number of hydrogen-bond donors (Lipinski definition) is 0. The Morgan fingerprint density at radius 2 is 2.26 bits per heavy atom. The SMILES string of the molecule is COC1CCN(c2nccn3cnnc23)CC1(C)C. The average Bonchev–Trinajstić information content (AvgIpc) is 2.85. The van der Waals surface area contributed by atoms with Gasteiger partial charge in [-0.2, -0.15) is 0 Å². The number of methoxy groups -OCH3 is 1. The molecule has 102 valence electrons. The minimum atomic E-state index is 0.0987. The molecule has 6 heteroatoms. The normalized spacial score (nSPS) is 22.9. The van der Waals surface area contributed by atoms with E-state index in [2.05, 4.69) is 33.9 Å². The van der Waals surface area contributed by atoms with Gasteiger partial charge in [0, 0.05) is 38.0 Å². The second-order valence-corrected chi connectivity index (χ2v) is 5.74. The number of aromatic nitrogens is 4. The summed E-state index contributed by atoms with van der Waals surface area (Å²) in [4.78, 5) is 6.76. The fourth-order valence-corrected chi connectivity index (χ4v) is 2.92. The Bertz CT molecular complexity index is 579. The molecule has 0 spiro atoms. The molecule has 6 nitrogen and oxygen atoms in total. The Morgan fingerprint density at radius 1 is 1.42 bits per heavy atom. The maximum atomic E-state index is 5.58. The first-order valence-electron chi connectivity index (χ1n) is 6.54. The Kier molecular flexibility index (Phi) is 2.89. The molecule has 2 aromatic rings. The number of rotatable bonds is 2. The summed E-state index contributed by atoms with van der Waals surface area (Å²) in [7, 11) is 1.79. The average molecular weight is 261 g/mol. The standard InChI is InChI=1S/C13H19N5O/c1-13(2)8-17(6-4-10(13)19-3)11-12-16-15-9-18(12)7-5-14-11/h5,7,9-10H,4,6,8H2,1-3H3. The molecule has 0 N–H and O–H groups in total. The maximum absolute atomic E-state index is 5.58. The molecule has 3 rings (SSSR count). The molecule has 3 heterocycles. The minimum absolute atomic E-state index is 0.0987. The Morgan fingerprint density at radius 3 is 3.00 bits per heavy atom. The second-order valence-electron chi connectivity index (χ2n) is 5.74. The highest BCUT2D eigenvalue weighted by Gasteiger charge is 2.37. The molecule has 2 aromatic heterocycles. The van der Waals surface area contributed by atoms with Crippen molar-refractivity contribution in [1.82, 2.24) is 19.6 Å². The van der Waals surface area contributed by atoms with Crippen LogP contribution < -0.4 is 4.90 Å². The van der Waals surface area contributed by atoms with E-state index in [0.29, 0.717) is 6.10 Å². The van der Waals surface area contributed by atoms with Crippen molar-refractivity contribution in [2.45, 2.75) is 26.4 Å². The van der Waals surface area contributed by atoms with Crippen LogP contribution in [0.3, 0.4) is 0 Å². The Labute approximate surface area is 112 Å². The smallest absolute Gasteiger partial charge is 0.203 e. The monoisotopic (exact) mass is 261 g/mol. The highest BCUT2D eigenvalue weighted by Crippen LogP contribution is 2.33. The van der Waals surface area contributed by atoms with Gasteiger partial charge in [0.2, 0.25) is 5.65 Å². The van der Waals surface area contributed by atoms with Gasteiger partial charge in [-0.3, -0.25) is 4.40 Å².